The van der Waals surface area contributed by atoms with Crippen LogP contribution in [0, 0.1) is 0 Å². The smallest absolute Gasteiger partial charge is 0.280 e. The van der Waals surface area contributed by atoms with Crippen molar-refractivity contribution in [2.24, 2.45) is 0 Å². The van der Waals surface area contributed by atoms with Gasteiger partial charge in [-0.15, -0.1) is 5.10 Å². The van der Waals surface area contributed by atoms with E-state index < -0.39 is 6.43 Å². The van der Waals surface area contributed by atoms with Gasteiger partial charge in [-0.05, 0) is 37.5 Å². The average molecular weight is 469 g/mol. The number of nitrogens with one attached hydrogen (secondary N) is 1. The van der Waals surface area contributed by atoms with Gasteiger partial charge in [0.05, 0.1) is 17.8 Å². The summed E-state index contributed by atoms with van der Waals surface area (Å²) in [6.45, 7) is 5.89. The van der Waals surface area contributed by atoms with Crippen molar-refractivity contribution >= 4 is 17.5 Å². The number of hydrogen-bond acceptors (Lipinski definition) is 6. The van der Waals surface area contributed by atoms with Crippen LogP contribution in [0.15, 0.2) is 43.0 Å². The Morgan fingerprint density at radius 1 is 1.15 bits per heavy atom. The molecule has 4 aromatic rings. The zero-order valence-corrected chi connectivity index (χ0v) is 19.1. The number of nitrogens with zero attached hydrogens (tertiary/aromatic N) is 6. The second-order valence-corrected chi connectivity index (χ2v) is 8.11. The summed E-state index contributed by atoms with van der Waals surface area (Å²) in [5.74, 6) is -0.200. The molecule has 3 N–H and O–H groups in total. The fourth-order valence-electron chi connectivity index (χ4n) is 3.71. The summed E-state index contributed by atoms with van der Waals surface area (Å²) in [6, 6.07) is 4.52. The number of fused-ring (bicyclic) bond motifs is 1. The number of aromatic nitrogens is 6. The molecule has 4 rings (SSSR count). The maximum Gasteiger partial charge on any atom is 0.280 e. The van der Waals surface area contributed by atoms with Crippen LogP contribution in [0.3, 0.4) is 0 Å². The fraction of sp³-hybridized carbons (Fsp3) is 0.348. The molecule has 0 bridgehead atoms. The zero-order valence-electron chi connectivity index (χ0n) is 19.1. The summed E-state index contributed by atoms with van der Waals surface area (Å²) in [7, 11) is 0. The predicted molar refractivity (Wildman–Crippen MR) is 123 cm³/mol. The van der Waals surface area contributed by atoms with Crippen molar-refractivity contribution in [3.8, 4) is 11.1 Å². The molecule has 0 radical (unpaired) electrons. The Labute approximate surface area is 195 Å². The van der Waals surface area contributed by atoms with E-state index in [4.69, 9.17) is 5.73 Å². The van der Waals surface area contributed by atoms with Crippen molar-refractivity contribution in [2.45, 2.75) is 52.1 Å². The first-order valence-corrected chi connectivity index (χ1v) is 11.1. The van der Waals surface area contributed by atoms with Gasteiger partial charge >= 0.3 is 0 Å². The topological polar surface area (TPSA) is 116 Å². The van der Waals surface area contributed by atoms with Crippen molar-refractivity contribution in [1.82, 2.24) is 34.7 Å². The number of nitrogens with two attached hydrogens (primary N) is 1. The van der Waals surface area contributed by atoms with Crippen LogP contribution in [0.4, 0.5) is 14.7 Å². The van der Waals surface area contributed by atoms with E-state index in [1.807, 2.05) is 27.0 Å². The molecular weight excluding hydrogens is 442 g/mol. The van der Waals surface area contributed by atoms with Crippen molar-refractivity contribution < 1.29 is 13.6 Å². The number of halogens is 2. The number of nitrogen functional groups attached to an aromatic ring is 1. The second kappa shape index (κ2) is 9.54. The van der Waals surface area contributed by atoms with E-state index in [0.717, 1.165) is 17.5 Å². The van der Waals surface area contributed by atoms with Gasteiger partial charge in [0.1, 0.15) is 5.69 Å². The largest absolute Gasteiger partial charge is 0.366 e. The number of pyridine rings is 2. The molecule has 9 nitrogen and oxygen atoms in total. The number of hydrogen-bond donors (Lipinski definition) is 2. The summed E-state index contributed by atoms with van der Waals surface area (Å²) < 4.78 is 29.0. The van der Waals surface area contributed by atoms with Gasteiger partial charge in [0.25, 0.3) is 12.3 Å². The molecule has 4 aromatic heterocycles. The third kappa shape index (κ3) is 4.59. The number of carbonyl (C=O) groups excluding carboxylic acids is 1. The number of alkyl halides is 2. The first-order chi connectivity index (χ1) is 16.3. The SMILES string of the molecule is CCC(C)NC(=O)c1cc(-c2cnn(C(CC)c3ccc(C(F)F)nc3)c2)cn2nc(N)nc12. The van der Waals surface area contributed by atoms with Gasteiger partial charge in [-0.3, -0.25) is 14.5 Å². The van der Waals surface area contributed by atoms with Crippen molar-refractivity contribution in [3.05, 3.63) is 59.8 Å². The third-order valence-corrected chi connectivity index (χ3v) is 5.74. The Kier molecular flexibility index (Phi) is 6.53. The molecule has 34 heavy (non-hydrogen) atoms. The Hall–Kier alpha value is -3.89. The molecule has 0 aliphatic heterocycles. The minimum atomic E-state index is -2.61. The summed E-state index contributed by atoms with van der Waals surface area (Å²) in [6.07, 6.45) is 5.57. The molecule has 178 valence electrons. The monoisotopic (exact) mass is 468 g/mol. The normalized spacial score (nSPS) is 13.4. The van der Waals surface area contributed by atoms with Crippen molar-refractivity contribution in [3.63, 3.8) is 0 Å². The van der Waals surface area contributed by atoms with E-state index in [9.17, 15) is 13.6 Å². The minimum absolute atomic E-state index is 0.00499. The van der Waals surface area contributed by atoms with Crippen molar-refractivity contribution in [1.29, 1.82) is 0 Å². The Morgan fingerprint density at radius 3 is 2.59 bits per heavy atom. The third-order valence-electron chi connectivity index (χ3n) is 5.74. The Morgan fingerprint density at radius 2 is 1.94 bits per heavy atom. The molecule has 0 aromatic carbocycles. The standard InChI is InChI=1S/C23H26F2N8O/c1-4-13(3)29-22(34)17-8-15(11-33-21(17)30-23(26)31-33)16-10-28-32(12-16)19(5-2)14-6-7-18(20(24)25)27-9-14/h6-13,19-20H,4-5H2,1-3H3,(H2,26,31)(H,29,34). The lowest BCUT2D eigenvalue weighted by Crippen LogP contribution is -2.32. The van der Waals surface area contributed by atoms with Gasteiger partial charge in [-0.1, -0.05) is 19.9 Å². The van der Waals surface area contributed by atoms with Gasteiger partial charge in [0, 0.05) is 35.8 Å². The molecule has 0 fully saturated rings. The quantitative estimate of drug-likeness (QED) is 0.403. The lowest BCUT2D eigenvalue weighted by molar-refractivity contribution is 0.0940. The Bertz CT molecular complexity index is 1300. The molecular formula is C23H26F2N8O. The van der Waals surface area contributed by atoms with E-state index >= 15 is 0 Å². The molecule has 11 heteroatoms. The highest BCUT2D eigenvalue weighted by atomic mass is 19.3. The van der Waals surface area contributed by atoms with Crippen LogP contribution < -0.4 is 11.1 Å². The van der Waals surface area contributed by atoms with Crippen LogP contribution in [0.25, 0.3) is 16.8 Å². The first kappa shape index (κ1) is 23.3. The second-order valence-electron chi connectivity index (χ2n) is 8.11. The number of carbonyl (C=O) groups is 1. The molecule has 2 atom stereocenters. The lowest BCUT2D eigenvalue weighted by Gasteiger charge is -2.16. The van der Waals surface area contributed by atoms with Crippen LogP contribution in [0.2, 0.25) is 0 Å². The highest BCUT2D eigenvalue weighted by Crippen LogP contribution is 2.27. The van der Waals surface area contributed by atoms with E-state index in [2.05, 4.69) is 25.5 Å². The molecule has 0 saturated carbocycles. The van der Waals surface area contributed by atoms with E-state index in [-0.39, 0.29) is 29.6 Å². The summed E-state index contributed by atoms with van der Waals surface area (Å²) in [5, 5.41) is 11.6. The fourth-order valence-corrected chi connectivity index (χ4v) is 3.71. The van der Waals surface area contributed by atoms with Gasteiger partial charge in [0.2, 0.25) is 5.95 Å². The Balaban J connectivity index is 1.70. The highest BCUT2D eigenvalue weighted by molar-refractivity contribution is 6.01. The van der Waals surface area contributed by atoms with Gasteiger partial charge < -0.3 is 11.1 Å². The first-order valence-electron chi connectivity index (χ1n) is 11.1. The molecule has 0 aliphatic carbocycles. The molecule has 4 heterocycles. The van der Waals surface area contributed by atoms with Crippen molar-refractivity contribution in [2.75, 3.05) is 5.73 Å². The maximum atomic E-state index is 12.9. The molecule has 0 saturated heterocycles. The number of amides is 1. The summed E-state index contributed by atoms with van der Waals surface area (Å²) in [5.41, 5.74) is 8.48. The number of rotatable bonds is 8. The van der Waals surface area contributed by atoms with E-state index in [1.54, 1.807) is 29.2 Å². The van der Waals surface area contributed by atoms with E-state index in [0.29, 0.717) is 23.2 Å². The molecule has 0 aliphatic rings. The lowest BCUT2D eigenvalue weighted by atomic mass is 10.1. The summed E-state index contributed by atoms with van der Waals surface area (Å²) >= 11 is 0. The molecule has 2 unspecified atom stereocenters. The van der Waals surface area contributed by atoms with Crippen LogP contribution in [0.5, 0.6) is 0 Å². The van der Waals surface area contributed by atoms with Crippen LogP contribution in [-0.2, 0) is 0 Å². The van der Waals surface area contributed by atoms with Crippen LogP contribution >= 0.6 is 0 Å². The zero-order chi connectivity index (χ0) is 24.4. The van der Waals surface area contributed by atoms with Gasteiger partial charge in [-0.25, -0.2) is 13.3 Å². The predicted octanol–water partition coefficient (Wildman–Crippen LogP) is 4.04. The average Bonchev–Trinajstić information content (AvgIpc) is 3.45. The van der Waals surface area contributed by atoms with Crippen LogP contribution in [-0.4, -0.2) is 41.3 Å². The maximum absolute atomic E-state index is 12.9. The molecule has 1 amide bonds. The highest BCUT2D eigenvalue weighted by Gasteiger charge is 2.20. The van der Waals surface area contributed by atoms with E-state index in [1.165, 1.54) is 16.8 Å². The van der Waals surface area contributed by atoms with Gasteiger partial charge in [-0.2, -0.15) is 10.1 Å². The number of anilines is 1. The van der Waals surface area contributed by atoms with Crippen LogP contribution in [0.1, 0.15) is 67.7 Å². The van der Waals surface area contributed by atoms with Gasteiger partial charge in [0.15, 0.2) is 5.65 Å². The summed E-state index contributed by atoms with van der Waals surface area (Å²) in [4.78, 5) is 21.0. The minimum Gasteiger partial charge on any atom is -0.366 e. The molecule has 0 spiro atoms.